The fraction of sp³-hybridized carbons (Fsp3) is 0.278. The van der Waals surface area contributed by atoms with Gasteiger partial charge in [-0.15, -0.1) is 0 Å². The molecule has 0 amide bonds. The van der Waals surface area contributed by atoms with E-state index in [0.717, 1.165) is 27.7 Å². The van der Waals surface area contributed by atoms with Crippen LogP contribution in [0.5, 0.6) is 5.75 Å². The highest BCUT2D eigenvalue weighted by atomic mass is 16.5. The van der Waals surface area contributed by atoms with Gasteiger partial charge in [-0.3, -0.25) is 4.79 Å². The number of carbonyl (C=O) groups excluding carboxylic acids is 1. The first-order chi connectivity index (χ1) is 10.2. The highest BCUT2D eigenvalue weighted by Gasteiger charge is 2.31. The van der Waals surface area contributed by atoms with Crippen molar-refractivity contribution < 1.29 is 14.3 Å². The number of hydrogen-bond donors (Lipinski definition) is 0. The lowest BCUT2D eigenvalue weighted by Crippen LogP contribution is -2.19. The van der Waals surface area contributed by atoms with Crippen molar-refractivity contribution in [2.75, 3.05) is 6.61 Å². The van der Waals surface area contributed by atoms with Gasteiger partial charge in [-0.2, -0.15) is 0 Å². The minimum absolute atomic E-state index is 0.223. The molecule has 108 valence electrons. The molecule has 0 N–H and O–H groups in total. The highest BCUT2D eigenvalue weighted by Crippen LogP contribution is 2.43. The van der Waals surface area contributed by atoms with E-state index in [0.29, 0.717) is 6.61 Å². The van der Waals surface area contributed by atoms with Crippen LogP contribution in [0.25, 0.3) is 16.3 Å². The Balaban J connectivity index is 1.99. The van der Waals surface area contributed by atoms with Crippen LogP contribution in [-0.2, 0) is 9.53 Å². The van der Waals surface area contributed by atoms with E-state index >= 15 is 0 Å². The van der Waals surface area contributed by atoms with Crippen LogP contribution in [0.1, 0.15) is 25.8 Å². The topological polar surface area (TPSA) is 35.5 Å². The van der Waals surface area contributed by atoms with Crippen molar-refractivity contribution in [3.63, 3.8) is 0 Å². The summed E-state index contributed by atoms with van der Waals surface area (Å²) in [5.41, 5.74) is 2.13. The third-order valence-corrected chi connectivity index (χ3v) is 3.77. The molecule has 0 aliphatic carbocycles. The zero-order valence-corrected chi connectivity index (χ0v) is 12.3. The normalized spacial score (nSPS) is 18.6. The Hall–Kier alpha value is -2.29. The molecular weight excluding hydrogens is 264 g/mol. The summed E-state index contributed by atoms with van der Waals surface area (Å²) < 4.78 is 11.1. The maximum Gasteiger partial charge on any atom is 0.309 e. The lowest BCUT2D eigenvalue weighted by molar-refractivity contribution is -0.144. The van der Waals surface area contributed by atoms with Crippen LogP contribution in [-0.4, -0.2) is 18.7 Å². The van der Waals surface area contributed by atoms with Crippen LogP contribution in [0.2, 0.25) is 0 Å². The molecule has 1 aliphatic rings. The Morgan fingerprint density at radius 1 is 1.29 bits per heavy atom. The lowest BCUT2D eigenvalue weighted by Gasteiger charge is -2.11. The number of rotatable bonds is 3. The standard InChI is InChI=1S/C18H18O3/c1-3-13-15-10-9-12-7-5-6-8-14(12)18(15)21-16(13)11-17(19)20-4-2/h3,5-10,16H,4,11H2,1-2H3/b13-3+. The number of benzene rings is 2. The molecule has 0 radical (unpaired) electrons. The third-order valence-electron chi connectivity index (χ3n) is 3.77. The Kier molecular flexibility index (Phi) is 3.65. The van der Waals surface area contributed by atoms with Crippen molar-refractivity contribution in [2.24, 2.45) is 0 Å². The highest BCUT2D eigenvalue weighted by molar-refractivity contribution is 5.96. The van der Waals surface area contributed by atoms with Gasteiger partial charge >= 0.3 is 5.97 Å². The van der Waals surface area contributed by atoms with E-state index in [1.54, 1.807) is 0 Å². The molecule has 3 rings (SSSR count). The van der Waals surface area contributed by atoms with Crippen LogP contribution in [0, 0.1) is 0 Å². The predicted molar refractivity (Wildman–Crippen MR) is 83.3 cm³/mol. The molecule has 2 aromatic rings. The van der Waals surface area contributed by atoms with Crippen molar-refractivity contribution in [3.05, 3.63) is 48.0 Å². The predicted octanol–water partition coefficient (Wildman–Crippen LogP) is 3.96. The second kappa shape index (κ2) is 5.60. The molecule has 0 aromatic heterocycles. The summed E-state index contributed by atoms with van der Waals surface area (Å²) in [6.07, 6.45) is 2.01. The van der Waals surface area contributed by atoms with Crippen molar-refractivity contribution in [1.29, 1.82) is 0 Å². The summed E-state index contributed by atoms with van der Waals surface area (Å²) in [7, 11) is 0. The molecule has 0 saturated carbocycles. The monoisotopic (exact) mass is 282 g/mol. The van der Waals surface area contributed by atoms with Gasteiger partial charge in [0.2, 0.25) is 0 Å². The first kappa shape index (κ1) is 13.7. The molecular formula is C18H18O3. The summed E-state index contributed by atoms with van der Waals surface area (Å²) in [5.74, 6) is 0.648. The molecule has 2 aromatic carbocycles. The second-order valence-electron chi connectivity index (χ2n) is 5.02. The molecule has 21 heavy (non-hydrogen) atoms. The smallest absolute Gasteiger partial charge is 0.309 e. The average Bonchev–Trinajstić information content (AvgIpc) is 2.84. The second-order valence-corrected chi connectivity index (χ2v) is 5.02. The molecule has 3 heteroatoms. The van der Waals surface area contributed by atoms with Gasteiger partial charge in [0.1, 0.15) is 11.9 Å². The van der Waals surface area contributed by atoms with Crippen LogP contribution < -0.4 is 4.74 Å². The molecule has 3 nitrogen and oxygen atoms in total. The van der Waals surface area contributed by atoms with E-state index in [2.05, 4.69) is 18.2 Å². The number of allylic oxidation sites excluding steroid dienone is 1. The molecule has 1 atom stereocenters. The SMILES string of the molecule is C/C=C1\c2ccc3ccccc3c2OC1CC(=O)OCC. The molecule has 0 spiro atoms. The van der Waals surface area contributed by atoms with Gasteiger partial charge in [-0.05, 0) is 24.8 Å². The zero-order chi connectivity index (χ0) is 14.8. The van der Waals surface area contributed by atoms with E-state index < -0.39 is 0 Å². The summed E-state index contributed by atoms with van der Waals surface area (Å²) in [6.45, 7) is 4.18. The molecule has 0 bridgehead atoms. The van der Waals surface area contributed by atoms with Gasteiger partial charge in [-0.1, -0.05) is 42.5 Å². The van der Waals surface area contributed by atoms with E-state index in [1.165, 1.54) is 0 Å². The summed E-state index contributed by atoms with van der Waals surface area (Å²) >= 11 is 0. The minimum atomic E-state index is -0.255. The Bertz CT molecular complexity index is 715. The Labute approximate surface area is 124 Å². The third kappa shape index (κ3) is 2.40. The quantitative estimate of drug-likeness (QED) is 0.799. The van der Waals surface area contributed by atoms with Gasteiger partial charge < -0.3 is 9.47 Å². The van der Waals surface area contributed by atoms with Gasteiger partial charge in [0.15, 0.2) is 0 Å². The molecule has 1 aliphatic heterocycles. The van der Waals surface area contributed by atoms with Crippen LogP contribution in [0.15, 0.2) is 42.5 Å². The fourth-order valence-electron chi connectivity index (χ4n) is 2.84. The van der Waals surface area contributed by atoms with E-state index in [4.69, 9.17) is 9.47 Å². The fourth-order valence-corrected chi connectivity index (χ4v) is 2.84. The van der Waals surface area contributed by atoms with Gasteiger partial charge in [0.05, 0.1) is 13.0 Å². The lowest BCUT2D eigenvalue weighted by atomic mass is 9.98. The Morgan fingerprint density at radius 2 is 2.10 bits per heavy atom. The molecule has 0 fully saturated rings. The summed E-state index contributed by atoms with van der Waals surface area (Å²) in [5, 5.41) is 2.23. The van der Waals surface area contributed by atoms with Gasteiger partial charge in [0.25, 0.3) is 0 Å². The minimum Gasteiger partial charge on any atom is -0.484 e. The molecule has 1 heterocycles. The van der Waals surface area contributed by atoms with Crippen molar-refractivity contribution in [2.45, 2.75) is 26.4 Å². The van der Waals surface area contributed by atoms with E-state index in [-0.39, 0.29) is 18.5 Å². The Morgan fingerprint density at radius 3 is 2.86 bits per heavy atom. The largest absolute Gasteiger partial charge is 0.484 e. The van der Waals surface area contributed by atoms with Crippen LogP contribution in [0.3, 0.4) is 0 Å². The number of carbonyl (C=O) groups is 1. The maximum absolute atomic E-state index is 11.7. The average molecular weight is 282 g/mol. The molecule has 1 unspecified atom stereocenters. The van der Waals surface area contributed by atoms with E-state index in [1.807, 2.05) is 38.1 Å². The van der Waals surface area contributed by atoms with Gasteiger partial charge in [-0.25, -0.2) is 0 Å². The van der Waals surface area contributed by atoms with E-state index in [9.17, 15) is 4.79 Å². The zero-order valence-electron chi connectivity index (χ0n) is 12.3. The van der Waals surface area contributed by atoms with Crippen LogP contribution in [0.4, 0.5) is 0 Å². The number of hydrogen-bond acceptors (Lipinski definition) is 3. The summed E-state index contributed by atoms with van der Waals surface area (Å²) in [6, 6.07) is 12.3. The maximum atomic E-state index is 11.7. The van der Waals surface area contributed by atoms with Crippen molar-refractivity contribution >= 4 is 22.3 Å². The number of fused-ring (bicyclic) bond motifs is 3. The van der Waals surface area contributed by atoms with Crippen molar-refractivity contribution in [1.82, 2.24) is 0 Å². The van der Waals surface area contributed by atoms with Crippen molar-refractivity contribution in [3.8, 4) is 5.75 Å². The number of esters is 1. The first-order valence-electron chi connectivity index (χ1n) is 7.25. The summed E-state index contributed by atoms with van der Waals surface area (Å²) in [4.78, 5) is 11.7. The molecule has 0 saturated heterocycles. The number of ether oxygens (including phenoxy) is 2. The van der Waals surface area contributed by atoms with Gasteiger partial charge in [0, 0.05) is 10.9 Å². The first-order valence-corrected chi connectivity index (χ1v) is 7.25. The van der Waals surface area contributed by atoms with Crippen LogP contribution >= 0.6 is 0 Å².